The number of nitrogens with zero attached hydrogens (tertiary/aromatic N) is 4. The number of carbonyl (C=O) groups excluding carboxylic acids is 1. The summed E-state index contributed by atoms with van der Waals surface area (Å²) in [7, 11) is 0. The average molecular weight is 294 g/mol. The van der Waals surface area contributed by atoms with Crippen LogP contribution in [0.3, 0.4) is 0 Å². The molecule has 0 N–H and O–H groups in total. The molecule has 0 aliphatic carbocycles. The van der Waals surface area contributed by atoms with Crippen LogP contribution in [0.5, 0.6) is 0 Å². The standard InChI is InChI=1S/C15H26N4O2/c1-4-21-15(20)13-14(12(2)3)19(17-16-13)11-10-18-8-6-5-7-9-18/h12H,4-11H2,1-3H3. The zero-order chi connectivity index (χ0) is 15.2. The van der Waals surface area contributed by atoms with Crippen molar-refractivity contribution in [2.45, 2.75) is 52.5 Å². The van der Waals surface area contributed by atoms with Crippen molar-refractivity contribution < 1.29 is 9.53 Å². The van der Waals surface area contributed by atoms with Gasteiger partial charge in [-0.15, -0.1) is 5.10 Å². The highest BCUT2D eigenvalue weighted by Crippen LogP contribution is 2.19. The summed E-state index contributed by atoms with van der Waals surface area (Å²) in [6.45, 7) is 10.3. The van der Waals surface area contributed by atoms with Crippen LogP contribution in [0.1, 0.15) is 62.1 Å². The number of aromatic nitrogens is 3. The predicted octanol–water partition coefficient (Wildman–Crippen LogP) is 2.06. The molecule has 6 heteroatoms. The fourth-order valence-corrected chi connectivity index (χ4v) is 2.82. The van der Waals surface area contributed by atoms with Gasteiger partial charge in [0.25, 0.3) is 0 Å². The molecule has 6 nitrogen and oxygen atoms in total. The first-order valence-electron chi connectivity index (χ1n) is 7.96. The van der Waals surface area contributed by atoms with Gasteiger partial charge in [0, 0.05) is 6.54 Å². The number of esters is 1. The Balaban J connectivity index is 2.06. The minimum absolute atomic E-state index is 0.195. The monoisotopic (exact) mass is 294 g/mol. The Hall–Kier alpha value is -1.43. The lowest BCUT2D eigenvalue weighted by molar-refractivity contribution is 0.0517. The Labute approximate surface area is 126 Å². The average Bonchev–Trinajstić information content (AvgIpc) is 2.90. The summed E-state index contributed by atoms with van der Waals surface area (Å²) in [4.78, 5) is 14.4. The van der Waals surface area contributed by atoms with E-state index in [4.69, 9.17) is 4.74 Å². The van der Waals surface area contributed by atoms with Crippen LogP contribution in [0.25, 0.3) is 0 Å². The third-order valence-corrected chi connectivity index (χ3v) is 3.87. The summed E-state index contributed by atoms with van der Waals surface area (Å²) < 4.78 is 6.93. The van der Waals surface area contributed by atoms with Gasteiger partial charge in [0.1, 0.15) is 0 Å². The molecule has 1 aliphatic rings. The third kappa shape index (κ3) is 4.03. The summed E-state index contributed by atoms with van der Waals surface area (Å²) in [5, 5.41) is 8.20. The summed E-state index contributed by atoms with van der Waals surface area (Å²) in [5.74, 6) is -0.175. The molecular weight excluding hydrogens is 268 g/mol. The molecule has 1 aromatic rings. The van der Waals surface area contributed by atoms with Crippen molar-refractivity contribution in [2.75, 3.05) is 26.2 Å². The fourth-order valence-electron chi connectivity index (χ4n) is 2.82. The predicted molar refractivity (Wildman–Crippen MR) is 80.4 cm³/mol. The van der Waals surface area contributed by atoms with E-state index < -0.39 is 0 Å². The molecule has 2 heterocycles. The summed E-state index contributed by atoms with van der Waals surface area (Å²) >= 11 is 0. The van der Waals surface area contributed by atoms with Gasteiger partial charge in [0.05, 0.1) is 18.8 Å². The van der Waals surface area contributed by atoms with E-state index in [2.05, 4.69) is 29.1 Å². The number of piperidine rings is 1. The zero-order valence-corrected chi connectivity index (χ0v) is 13.3. The molecular formula is C15H26N4O2. The first-order valence-corrected chi connectivity index (χ1v) is 7.96. The molecule has 0 bridgehead atoms. The Morgan fingerprint density at radius 3 is 2.57 bits per heavy atom. The van der Waals surface area contributed by atoms with Crippen LogP contribution in [0.15, 0.2) is 0 Å². The van der Waals surface area contributed by atoms with Crippen LogP contribution in [-0.2, 0) is 11.3 Å². The van der Waals surface area contributed by atoms with Crippen LogP contribution >= 0.6 is 0 Å². The maximum Gasteiger partial charge on any atom is 0.360 e. The lowest BCUT2D eigenvalue weighted by atomic mass is 10.1. The molecule has 1 saturated heterocycles. The minimum atomic E-state index is -0.370. The SMILES string of the molecule is CCOC(=O)c1nnn(CCN2CCCCC2)c1C(C)C. The molecule has 0 atom stereocenters. The third-order valence-electron chi connectivity index (χ3n) is 3.87. The summed E-state index contributed by atoms with van der Waals surface area (Å²) in [5.41, 5.74) is 1.25. The lowest BCUT2D eigenvalue weighted by Crippen LogP contribution is -2.33. The number of likely N-dealkylation sites (tertiary alicyclic amines) is 1. The van der Waals surface area contributed by atoms with Crippen LogP contribution in [-0.4, -0.2) is 52.1 Å². The number of hydrogen-bond acceptors (Lipinski definition) is 5. The molecule has 0 aromatic carbocycles. The van der Waals surface area contributed by atoms with Crippen LogP contribution in [0, 0.1) is 0 Å². The van der Waals surface area contributed by atoms with E-state index >= 15 is 0 Å². The first kappa shape index (κ1) is 15.9. The highest BCUT2D eigenvalue weighted by molar-refractivity contribution is 5.88. The van der Waals surface area contributed by atoms with Crippen molar-refractivity contribution in [3.05, 3.63) is 11.4 Å². The Morgan fingerprint density at radius 1 is 1.24 bits per heavy atom. The molecule has 0 radical (unpaired) electrons. The quantitative estimate of drug-likeness (QED) is 0.752. The van der Waals surface area contributed by atoms with E-state index in [0.717, 1.165) is 31.9 Å². The zero-order valence-electron chi connectivity index (χ0n) is 13.3. The topological polar surface area (TPSA) is 60.2 Å². The van der Waals surface area contributed by atoms with Crippen molar-refractivity contribution in [3.63, 3.8) is 0 Å². The lowest BCUT2D eigenvalue weighted by Gasteiger charge is -2.26. The van der Waals surface area contributed by atoms with Crippen LogP contribution < -0.4 is 0 Å². The van der Waals surface area contributed by atoms with Gasteiger partial charge in [-0.3, -0.25) is 0 Å². The van der Waals surface area contributed by atoms with Gasteiger partial charge in [-0.05, 0) is 38.8 Å². The van der Waals surface area contributed by atoms with Gasteiger partial charge in [-0.2, -0.15) is 0 Å². The first-order chi connectivity index (χ1) is 10.1. The van der Waals surface area contributed by atoms with Crippen LogP contribution in [0.4, 0.5) is 0 Å². The van der Waals surface area contributed by atoms with E-state index in [1.54, 1.807) is 6.92 Å². The van der Waals surface area contributed by atoms with Gasteiger partial charge in [-0.1, -0.05) is 25.5 Å². The van der Waals surface area contributed by atoms with Gasteiger partial charge in [0.15, 0.2) is 5.69 Å². The number of ether oxygens (including phenoxy) is 1. The molecule has 1 aromatic heterocycles. The van der Waals surface area contributed by atoms with E-state index in [0.29, 0.717) is 12.3 Å². The van der Waals surface area contributed by atoms with Gasteiger partial charge in [0.2, 0.25) is 0 Å². The molecule has 0 spiro atoms. The Kier molecular flexibility index (Phi) is 5.73. The van der Waals surface area contributed by atoms with E-state index in [9.17, 15) is 4.79 Å². The van der Waals surface area contributed by atoms with Gasteiger partial charge in [-0.25, -0.2) is 9.48 Å². The molecule has 0 saturated carbocycles. The molecule has 118 valence electrons. The van der Waals surface area contributed by atoms with Crippen molar-refractivity contribution >= 4 is 5.97 Å². The fraction of sp³-hybridized carbons (Fsp3) is 0.800. The normalized spacial score (nSPS) is 16.4. The second kappa shape index (κ2) is 7.54. The molecule has 0 unspecified atom stereocenters. The van der Waals surface area contributed by atoms with E-state index in [1.165, 1.54) is 19.3 Å². The maximum absolute atomic E-state index is 11.9. The van der Waals surface area contributed by atoms with Crippen LogP contribution in [0.2, 0.25) is 0 Å². The minimum Gasteiger partial charge on any atom is -0.461 e. The maximum atomic E-state index is 11.9. The molecule has 0 amide bonds. The summed E-state index contributed by atoms with van der Waals surface area (Å²) in [6.07, 6.45) is 3.90. The molecule has 21 heavy (non-hydrogen) atoms. The Bertz CT molecular complexity index is 464. The van der Waals surface area contributed by atoms with E-state index in [1.807, 2.05) is 4.68 Å². The largest absolute Gasteiger partial charge is 0.461 e. The number of rotatable bonds is 6. The summed E-state index contributed by atoms with van der Waals surface area (Å²) in [6, 6.07) is 0. The molecule has 2 rings (SSSR count). The number of hydrogen-bond donors (Lipinski definition) is 0. The molecule has 1 aliphatic heterocycles. The van der Waals surface area contributed by atoms with Gasteiger partial charge < -0.3 is 9.64 Å². The smallest absolute Gasteiger partial charge is 0.360 e. The van der Waals surface area contributed by atoms with Gasteiger partial charge >= 0.3 is 5.97 Å². The highest BCUT2D eigenvalue weighted by Gasteiger charge is 2.23. The van der Waals surface area contributed by atoms with Crippen molar-refractivity contribution in [2.24, 2.45) is 0 Å². The second-order valence-electron chi connectivity index (χ2n) is 5.82. The Morgan fingerprint density at radius 2 is 1.95 bits per heavy atom. The van der Waals surface area contributed by atoms with Crippen molar-refractivity contribution in [1.29, 1.82) is 0 Å². The second-order valence-corrected chi connectivity index (χ2v) is 5.82. The molecule has 1 fully saturated rings. The van der Waals surface area contributed by atoms with Crippen molar-refractivity contribution in [1.82, 2.24) is 19.9 Å². The van der Waals surface area contributed by atoms with Crippen molar-refractivity contribution in [3.8, 4) is 0 Å². The number of carbonyl (C=O) groups is 1. The van der Waals surface area contributed by atoms with E-state index in [-0.39, 0.29) is 11.9 Å². The highest BCUT2D eigenvalue weighted by atomic mass is 16.5.